The lowest BCUT2D eigenvalue weighted by atomic mass is 10.1. The zero-order chi connectivity index (χ0) is 26.9. The van der Waals surface area contributed by atoms with Gasteiger partial charge < -0.3 is 36.0 Å². The normalized spacial score (nSPS) is 19.9. The number of nitrogens with two attached hydrogens (primary N) is 1. The maximum Gasteiger partial charge on any atom is 0.272 e. The maximum absolute atomic E-state index is 13.2. The van der Waals surface area contributed by atoms with Gasteiger partial charge in [0, 0.05) is 38.1 Å². The van der Waals surface area contributed by atoms with Gasteiger partial charge in [-0.1, -0.05) is 12.1 Å². The number of likely N-dealkylation sites (tertiary alicyclic amines) is 1. The molecule has 37 heavy (non-hydrogen) atoms. The summed E-state index contributed by atoms with van der Waals surface area (Å²) in [7, 11) is 1.83. The summed E-state index contributed by atoms with van der Waals surface area (Å²) < 4.78 is 6.14. The SMILES string of the molecule is CNC/C=C/C(=O)N1CCCC[C@@H](N2c3c(cccc3OC(C)C)NC2N(N)C(=O)/C(C=N)=C/C=N)C1. The smallest absolute Gasteiger partial charge is 0.272 e. The quantitative estimate of drug-likeness (QED) is 0.106. The van der Waals surface area contributed by atoms with E-state index in [9.17, 15) is 9.59 Å². The summed E-state index contributed by atoms with van der Waals surface area (Å²) in [5, 5.41) is 22.3. The van der Waals surface area contributed by atoms with E-state index in [4.69, 9.17) is 21.4 Å². The Morgan fingerprint density at radius 2 is 2.11 bits per heavy atom. The molecule has 2 amide bonds. The summed E-state index contributed by atoms with van der Waals surface area (Å²) >= 11 is 0. The van der Waals surface area contributed by atoms with Gasteiger partial charge in [0.2, 0.25) is 5.91 Å². The van der Waals surface area contributed by atoms with Crippen molar-refractivity contribution in [3.8, 4) is 5.75 Å². The minimum atomic E-state index is -0.784. The number of fused-ring (bicyclic) bond motifs is 1. The molecule has 2 aliphatic rings. The maximum atomic E-state index is 13.2. The number of para-hydroxylation sites is 1. The Morgan fingerprint density at radius 1 is 1.32 bits per heavy atom. The van der Waals surface area contributed by atoms with Gasteiger partial charge in [0.15, 0.2) is 6.29 Å². The second-order valence-electron chi connectivity index (χ2n) is 9.28. The van der Waals surface area contributed by atoms with Crippen LogP contribution in [0.25, 0.3) is 0 Å². The van der Waals surface area contributed by atoms with Gasteiger partial charge >= 0.3 is 0 Å². The molecule has 2 aliphatic heterocycles. The third kappa shape index (κ3) is 6.55. The number of hydrazine groups is 1. The minimum Gasteiger partial charge on any atom is -0.489 e. The predicted octanol–water partition coefficient (Wildman–Crippen LogP) is 2.07. The second-order valence-corrected chi connectivity index (χ2v) is 9.28. The Kier molecular flexibility index (Phi) is 9.81. The fourth-order valence-electron chi connectivity index (χ4n) is 4.63. The number of amides is 2. The number of hydrogen-bond donors (Lipinski definition) is 5. The van der Waals surface area contributed by atoms with Gasteiger partial charge in [-0.15, -0.1) is 0 Å². The molecule has 2 heterocycles. The molecule has 1 saturated heterocycles. The van der Waals surface area contributed by atoms with Gasteiger partial charge in [0.1, 0.15) is 11.4 Å². The molecule has 0 bridgehead atoms. The van der Waals surface area contributed by atoms with Crippen molar-refractivity contribution in [2.24, 2.45) is 5.84 Å². The van der Waals surface area contributed by atoms with Crippen molar-refractivity contribution in [3.05, 3.63) is 42.0 Å². The van der Waals surface area contributed by atoms with Crippen molar-refractivity contribution >= 4 is 35.6 Å². The van der Waals surface area contributed by atoms with Crippen LogP contribution in [0, 0.1) is 10.8 Å². The van der Waals surface area contributed by atoms with E-state index in [1.54, 1.807) is 12.2 Å². The van der Waals surface area contributed by atoms with Gasteiger partial charge in [0.25, 0.3) is 5.91 Å². The molecule has 0 aliphatic carbocycles. The molecule has 200 valence electrons. The molecule has 0 saturated carbocycles. The van der Waals surface area contributed by atoms with Crippen LogP contribution in [-0.4, -0.2) is 79.3 Å². The Bertz CT molecular complexity index is 1050. The second kappa shape index (κ2) is 13.0. The zero-order valence-electron chi connectivity index (χ0n) is 21.7. The van der Waals surface area contributed by atoms with E-state index in [-0.39, 0.29) is 23.6 Å². The molecule has 6 N–H and O–H groups in total. The Morgan fingerprint density at radius 3 is 2.78 bits per heavy atom. The highest BCUT2D eigenvalue weighted by Crippen LogP contribution is 2.45. The molecule has 0 spiro atoms. The van der Waals surface area contributed by atoms with E-state index in [2.05, 4.69) is 10.6 Å². The topological polar surface area (TPSA) is 151 Å². The third-order valence-electron chi connectivity index (χ3n) is 6.27. The summed E-state index contributed by atoms with van der Waals surface area (Å²) in [6.07, 6.45) is 8.17. The van der Waals surface area contributed by atoms with Gasteiger partial charge in [0.05, 0.1) is 23.4 Å². The lowest BCUT2D eigenvalue weighted by Gasteiger charge is -2.39. The third-order valence-corrected chi connectivity index (χ3v) is 6.27. The average molecular weight is 511 g/mol. The highest BCUT2D eigenvalue weighted by molar-refractivity contribution is 6.13. The molecule has 1 fully saturated rings. The largest absolute Gasteiger partial charge is 0.489 e. The number of nitrogens with zero attached hydrogens (tertiary/aromatic N) is 3. The number of nitrogens with one attached hydrogen (secondary N) is 4. The van der Waals surface area contributed by atoms with Crippen LogP contribution in [-0.2, 0) is 9.59 Å². The monoisotopic (exact) mass is 510 g/mol. The van der Waals surface area contributed by atoms with Gasteiger partial charge in [-0.2, -0.15) is 0 Å². The molecular weight excluding hydrogens is 472 g/mol. The lowest BCUT2D eigenvalue weighted by Crippen LogP contribution is -2.60. The summed E-state index contributed by atoms with van der Waals surface area (Å²) in [6.45, 7) is 5.60. The van der Waals surface area contributed by atoms with E-state index < -0.39 is 12.2 Å². The number of rotatable bonds is 10. The lowest BCUT2D eigenvalue weighted by molar-refractivity contribution is -0.129. The van der Waals surface area contributed by atoms with Crippen LogP contribution in [0.4, 0.5) is 11.4 Å². The van der Waals surface area contributed by atoms with E-state index in [1.807, 2.05) is 48.9 Å². The van der Waals surface area contributed by atoms with Crippen molar-refractivity contribution in [1.82, 2.24) is 15.2 Å². The van der Waals surface area contributed by atoms with Crippen LogP contribution >= 0.6 is 0 Å². The molecule has 3 rings (SSSR count). The number of benzene rings is 1. The first-order valence-corrected chi connectivity index (χ1v) is 12.6. The number of likely N-dealkylation sites (N-methyl/N-ethyl adjacent to an activating group) is 1. The summed E-state index contributed by atoms with van der Waals surface area (Å²) in [6, 6.07) is 5.50. The van der Waals surface area contributed by atoms with Crippen molar-refractivity contribution in [3.63, 3.8) is 0 Å². The standard InChI is InChI=1S/C26H38N8O3/c1-18(2)37-22-10-6-9-21-24(22)33(26(31-21)34(29)25(36)19(16-28)12-13-27)20-8-4-5-15-32(17-20)23(35)11-7-14-30-3/h6-7,9-13,16,18,20,26-28,30-31H,4-5,8,14-15,17,29H2,1-3H3/b11-7+,19-12+,27-13?,28-16?/t20-,26?/m1/s1. The van der Waals surface area contributed by atoms with Crippen LogP contribution in [0.1, 0.15) is 33.1 Å². The zero-order valence-corrected chi connectivity index (χ0v) is 21.7. The van der Waals surface area contributed by atoms with Crippen molar-refractivity contribution in [2.75, 3.05) is 36.9 Å². The first-order valence-electron chi connectivity index (χ1n) is 12.6. The molecule has 1 aromatic rings. The summed E-state index contributed by atoms with van der Waals surface area (Å²) in [4.78, 5) is 30.0. The van der Waals surface area contributed by atoms with Crippen molar-refractivity contribution in [2.45, 2.75) is 51.5 Å². The first kappa shape index (κ1) is 27.9. The molecule has 0 radical (unpaired) electrons. The molecule has 1 aromatic carbocycles. The molecule has 0 aromatic heterocycles. The summed E-state index contributed by atoms with van der Waals surface area (Å²) in [5.41, 5.74) is 1.53. The minimum absolute atomic E-state index is 0.0128. The molecule has 11 nitrogen and oxygen atoms in total. The molecule has 1 unspecified atom stereocenters. The van der Waals surface area contributed by atoms with Crippen molar-refractivity contribution < 1.29 is 14.3 Å². The number of allylic oxidation sites excluding steroid dienone is 1. The fourth-order valence-corrected chi connectivity index (χ4v) is 4.63. The van der Waals surface area contributed by atoms with Gasteiger partial charge in [-0.3, -0.25) is 9.59 Å². The van der Waals surface area contributed by atoms with Crippen LogP contribution in [0.15, 0.2) is 42.0 Å². The van der Waals surface area contributed by atoms with Gasteiger partial charge in [-0.25, -0.2) is 10.9 Å². The fraction of sp³-hybridized carbons (Fsp3) is 0.462. The van der Waals surface area contributed by atoms with E-state index >= 15 is 0 Å². The van der Waals surface area contributed by atoms with Crippen LogP contribution in [0.3, 0.4) is 0 Å². The Balaban J connectivity index is 2.02. The first-order chi connectivity index (χ1) is 17.8. The van der Waals surface area contributed by atoms with Crippen LogP contribution < -0.4 is 26.1 Å². The number of hydrogen-bond acceptors (Lipinski definition) is 9. The highest BCUT2D eigenvalue weighted by Gasteiger charge is 2.42. The van der Waals surface area contributed by atoms with E-state index in [1.165, 1.54) is 6.08 Å². The van der Waals surface area contributed by atoms with Crippen LogP contribution in [0.5, 0.6) is 5.75 Å². The Hall–Kier alpha value is -3.70. The predicted molar refractivity (Wildman–Crippen MR) is 146 cm³/mol. The number of carbonyl (C=O) groups is 2. The molecule has 11 heteroatoms. The summed E-state index contributed by atoms with van der Waals surface area (Å²) in [5.74, 6) is 6.39. The van der Waals surface area contributed by atoms with Crippen LogP contribution in [0.2, 0.25) is 0 Å². The molecular formula is C26H38N8O3. The van der Waals surface area contributed by atoms with Gasteiger partial charge in [-0.05, 0) is 58.4 Å². The molecule has 2 atom stereocenters. The highest BCUT2D eigenvalue weighted by atomic mass is 16.5. The van der Waals surface area contributed by atoms with Crippen molar-refractivity contribution in [1.29, 1.82) is 10.8 Å². The average Bonchev–Trinajstić information content (AvgIpc) is 3.10. The number of ether oxygens (including phenoxy) is 1. The van der Waals surface area contributed by atoms with E-state index in [0.29, 0.717) is 25.4 Å². The van der Waals surface area contributed by atoms with E-state index in [0.717, 1.165) is 48.1 Å². The number of anilines is 2. The number of carbonyl (C=O) groups excluding carboxylic acids is 2. The Labute approximate surface area is 218 Å².